The molecule has 0 radical (unpaired) electrons. The minimum Gasteiger partial charge on any atom is -0.481 e. The summed E-state index contributed by atoms with van der Waals surface area (Å²) in [6.07, 6.45) is 3.30. The highest BCUT2D eigenvalue weighted by Crippen LogP contribution is 2.21. The zero-order valence-corrected chi connectivity index (χ0v) is 12.9. The van der Waals surface area contributed by atoms with E-state index in [1.54, 1.807) is 22.3 Å². The summed E-state index contributed by atoms with van der Waals surface area (Å²) in [5.41, 5.74) is 1.12. The molecule has 1 aromatic rings. The number of hydrogen-bond acceptors (Lipinski definition) is 4. The van der Waals surface area contributed by atoms with E-state index in [9.17, 15) is 14.7 Å². The van der Waals surface area contributed by atoms with Crippen molar-refractivity contribution in [2.75, 3.05) is 19.8 Å². The number of rotatable bonds is 5. The Kier molecular flexibility index (Phi) is 5.14. The first-order chi connectivity index (χ1) is 10.0. The molecule has 2 atom stereocenters. The van der Waals surface area contributed by atoms with Gasteiger partial charge < -0.3 is 14.7 Å². The van der Waals surface area contributed by atoms with Crippen LogP contribution in [0.5, 0.6) is 0 Å². The number of aryl methyl sites for hydroxylation is 1. The van der Waals surface area contributed by atoms with Gasteiger partial charge in [0, 0.05) is 17.5 Å². The Morgan fingerprint density at radius 1 is 1.52 bits per heavy atom. The second-order valence-corrected chi connectivity index (χ2v) is 5.92. The number of thiophene rings is 1. The molecule has 0 aliphatic carbocycles. The molecule has 114 valence electrons. The smallest absolute Gasteiger partial charge is 0.311 e. The lowest BCUT2D eigenvalue weighted by Crippen LogP contribution is -2.45. The van der Waals surface area contributed by atoms with E-state index < -0.39 is 17.9 Å². The molecule has 21 heavy (non-hydrogen) atoms. The van der Waals surface area contributed by atoms with Crippen LogP contribution in [0.2, 0.25) is 0 Å². The van der Waals surface area contributed by atoms with Crippen LogP contribution in [0.25, 0.3) is 6.08 Å². The van der Waals surface area contributed by atoms with Crippen molar-refractivity contribution >= 4 is 29.3 Å². The maximum atomic E-state index is 12.3. The summed E-state index contributed by atoms with van der Waals surface area (Å²) in [5.74, 6) is -1.74. The predicted octanol–water partition coefficient (Wildman–Crippen LogP) is 2.02. The highest BCUT2D eigenvalue weighted by atomic mass is 32.1. The molecule has 1 aliphatic heterocycles. The SMILES string of the molecule is CCN(C(=O)C=Cc1sccc1C)C1COCC1C(=O)O. The number of hydrogen-bond donors (Lipinski definition) is 1. The highest BCUT2D eigenvalue weighted by molar-refractivity contribution is 7.11. The fourth-order valence-electron chi connectivity index (χ4n) is 2.44. The van der Waals surface area contributed by atoms with Crippen LogP contribution in [0, 0.1) is 12.8 Å². The number of amides is 1. The Labute approximate surface area is 127 Å². The van der Waals surface area contributed by atoms with Crippen molar-refractivity contribution in [1.29, 1.82) is 0 Å². The van der Waals surface area contributed by atoms with Crippen LogP contribution in [0.15, 0.2) is 17.5 Å². The van der Waals surface area contributed by atoms with Crippen molar-refractivity contribution in [2.45, 2.75) is 19.9 Å². The molecule has 2 unspecified atom stereocenters. The number of carbonyl (C=O) groups excluding carboxylic acids is 1. The summed E-state index contributed by atoms with van der Waals surface area (Å²) in [4.78, 5) is 26.2. The summed E-state index contributed by atoms with van der Waals surface area (Å²) < 4.78 is 5.24. The topological polar surface area (TPSA) is 66.8 Å². The van der Waals surface area contributed by atoms with E-state index in [0.29, 0.717) is 6.54 Å². The Morgan fingerprint density at radius 3 is 2.86 bits per heavy atom. The van der Waals surface area contributed by atoms with Gasteiger partial charge in [-0.2, -0.15) is 0 Å². The lowest BCUT2D eigenvalue weighted by atomic mass is 10.0. The molecule has 2 rings (SSSR count). The lowest BCUT2D eigenvalue weighted by Gasteiger charge is -2.28. The largest absolute Gasteiger partial charge is 0.481 e. The highest BCUT2D eigenvalue weighted by Gasteiger charge is 2.38. The third-order valence-electron chi connectivity index (χ3n) is 3.67. The van der Waals surface area contributed by atoms with E-state index in [2.05, 4.69) is 0 Å². The molecule has 0 saturated carbocycles. The van der Waals surface area contributed by atoms with Crippen molar-refractivity contribution in [2.24, 2.45) is 5.92 Å². The molecule has 0 bridgehead atoms. The maximum absolute atomic E-state index is 12.3. The van der Waals surface area contributed by atoms with E-state index in [4.69, 9.17) is 4.74 Å². The zero-order valence-electron chi connectivity index (χ0n) is 12.1. The minimum atomic E-state index is -0.915. The average molecular weight is 309 g/mol. The summed E-state index contributed by atoms with van der Waals surface area (Å²) in [7, 11) is 0. The Morgan fingerprint density at radius 2 is 2.29 bits per heavy atom. The minimum absolute atomic E-state index is 0.164. The van der Waals surface area contributed by atoms with Gasteiger partial charge in [0.1, 0.15) is 5.92 Å². The van der Waals surface area contributed by atoms with Gasteiger partial charge in [-0.25, -0.2) is 0 Å². The molecule has 1 aromatic heterocycles. The third-order valence-corrected chi connectivity index (χ3v) is 4.65. The molecular formula is C15H19NO4S. The van der Waals surface area contributed by atoms with Crippen LogP contribution in [0.1, 0.15) is 17.4 Å². The Bertz CT molecular complexity index is 552. The van der Waals surface area contributed by atoms with Crippen molar-refractivity contribution in [3.8, 4) is 0 Å². The quantitative estimate of drug-likeness (QED) is 0.845. The normalized spacial score (nSPS) is 21.8. The van der Waals surface area contributed by atoms with Crippen LogP contribution in [0.3, 0.4) is 0 Å². The third kappa shape index (κ3) is 3.51. The van der Waals surface area contributed by atoms with Crippen molar-refractivity contribution in [1.82, 2.24) is 4.90 Å². The van der Waals surface area contributed by atoms with Gasteiger partial charge >= 0.3 is 5.97 Å². The molecule has 1 saturated heterocycles. The van der Waals surface area contributed by atoms with Crippen molar-refractivity contribution < 1.29 is 19.4 Å². The molecule has 1 fully saturated rings. The monoisotopic (exact) mass is 309 g/mol. The number of likely N-dealkylation sites (N-methyl/N-ethyl adjacent to an activating group) is 1. The summed E-state index contributed by atoms with van der Waals surface area (Å²) in [6, 6.07) is 1.60. The maximum Gasteiger partial charge on any atom is 0.311 e. The van der Waals surface area contributed by atoms with E-state index in [-0.39, 0.29) is 19.1 Å². The second-order valence-electron chi connectivity index (χ2n) is 4.97. The van der Waals surface area contributed by atoms with E-state index in [0.717, 1.165) is 10.4 Å². The second kappa shape index (κ2) is 6.87. The molecular weight excluding hydrogens is 290 g/mol. The number of carboxylic acid groups (broad SMARTS) is 1. The van der Waals surface area contributed by atoms with E-state index >= 15 is 0 Å². The van der Waals surface area contributed by atoms with E-state index in [1.807, 2.05) is 25.3 Å². The van der Waals surface area contributed by atoms with Crippen molar-refractivity contribution in [3.63, 3.8) is 0 Å². The first kappa shape index (κ1) is 15.7. The summed E-state index contributed by atoms with van der Waals surface area (Å²) in [5, 5.41) is 11.2. The number of ether oxygens (including phenoxy) is 1. The van der Waals surface area contributed by atoms with Crippen LogP contribution < -0.4 is 0 Å². The number of nitrogens with zero attached hydrogens (tertiary/aromatic N) is 1. The van der Waals surface area contributed by atoms with Gasteiger partial charge in [-0.3, -0.25) is 9.59 Å². The number of carboxylic acids is 1. The number of carbonyl (C=O) groups is 2. The first-order valence-electron chi connectivity index (χ1n) is 6.88. The molecule has 6 heteroatoms. The molecule has 1 amide bonds. The predicted molar refractivity (Wildman–Crippen MR) is 81.2 cm³/mol. The Balaban J connectivity index is 2.10. The fourth-order valence-corrected chi connectivity index (χ4v) is 3.26. The molecule has 1 aliphatic rings. The van der Waals surface area contributed by atoms with Crippen molar-refractivity contribution in [3.05, 3.63) is 28.0 Å². The Hall–Kier alpha value is -1.66. The molecule has 2 heterocycles. The fraction of sp³-hybridized carbons (Fsp3) is 0.467. The van der Waals surface area contributed by atoms with Gasteiger partial charge in [0.05, 0.1) is 19.3 Å². The molecule has 1 N–H and O–H groups in total. The van der Waals surface area contributed by atoms with Gasteiger partial charge in [-0.15, -0.1) is 11.3 Å². The number of aliphatic carboxylic acids is 1. The van der Waals surface area contributed by atoms with Gasteiger partial charge in [0.2, 0.25) is 5.91 Å². The lowest BCUT2D eigenvalue weighted by molar-refractivity contribution is -0.144. The van der Waals surface area contributed by atoms with Crippen LogP contribution in [-0.4, -0.2) is 47.7 Å². The van der Waals surface area contributed by atoms with E-state index in [1.165, 1.54) is 6.08 Å². The average Bonchev–Trinajstić information content (AvgIpc) is 3.06. The van der Waals surface area contributed by atoms with Gasteiger partial charge in [-0.05, 0) is 36.9 Å². The van der Waals surface area contributed by atoms with Crippen LogP contribution in [0.4, 0.5) is 0 Å². The van der Waals surface area contributed by atoms with Gasteiger partial charge in [0.15, 0.2) is 0 Å². The zero-order chi connectivity index (χ0) is 15.4. The summed E-state index contributed by atoms with van der Waals surface area (Å²) >= 11 is 1.57. The van der Waals surface area contributed by atoms with Gasteiger partial charge in [0.25, 0.3) is 0 Å². The van der Waals surface area contributed by atoms with Crippen LogP contribution in [-0.2, 0) is 14.3 Å². The van der Waals surface area contributed by atoms with Gasteiger partial charge in [-0.1, -0.05) is 0 Å². The molecule has 0 spiro atoms. The van der Waals surface area contributed by atoms with Crippen LogP contribution >= 0.6 is 11.3 Å². The standard InChI is InChI=1S/C15H19NO4S/c1-3-16(12-9-20-8-11(12)15(18)19)14(17)5-4-13-10(2)6-7-21-13/h4-7,11-12H,3,8-9H2,1-2H3,(H,18,19). The first-order valence-corrected chi connectivity index (χ1v) is 7.76. The molecule has 5 nitrogen and oxygen atoms in total. The summed E-state index contributed by atoms with van der Waals surface area (Å²) in [6.45, 7) is 4.74. The molecule has 0 aromatic carbocycles.